The molecule has 0 aliphatic heterocycles. The zero-order chi connectivity index (χ0) is 19.3. The predicted octanol–water partition coefficient (Wildman–Crippen LogP) is 2.66. The fourth-order valence-electron chi connectivity index (χ4n) is 2.28. The number of hydrogen-bond acceptors (Lipinski definition) is 5. The molecule has 0 spiro atoms. The molecule has 0 fully saturated rings. The smallest absolute Gasteiger partial charge is 0.324 e. The molecule has 1 unspecified atom stereocenters. The van der Waals surface area contributed by atoms with Crippen molar-refractivity contribution in [3.63, 3.8) is 0 Å². The van der Waals surface area contributed by atoms with E-state index in [9.17, 15) is 17.6 Å². The maximum absolute atomic E-state index is 13.0. The average Bonchev–Trinajstić information content (AvgIpc) is 2.62. The number of carbonyl (C=O) groups is 1. The van der Waals surface area contributed by atoms with Crippen molar-refractivity contribution in [2.24, 2.45) is 0 Å². The molecule has 0 bridgehead atoms. The van der Waals surface area contributed by atoms with E-state index in [0.717, 1.165) is 7.11 Å². The number of carbonyl (C=O) groups excluding carboxylic acids is 1. The molecule has 0 amide bonds. The van der Waals surface area contributed by atoms with Crippen LogP contribution in [0.1, 0.15) is 5.56 Å². The highest BCUT2D eigenvalue weighted by atomic mass is 79.9. The highest BCUT2D eigenvalue weighted by Gasteiger charge is 2.29. The van der Waals surface area contributed by atoms with Gasteiger partial charge in [-0.3, -0.25) is 4.79 Å². The van der Waals surface area contributed by atoms with Gasteiger partial charge < -0.3 is 9.47 Å². The molecule has 0 saturated carbocycles. The summed E-state index contributed by atoms with van der Waals surface area (Å²) in [5, 5.41) is 0. The number of nitrogens with one attached hydrogen (secondary N) is 1. The van der Waals surface area contributed by atoms with Gasteiger partial charge in [-0.2, -0.15) is 4.72 Å². The van der Waals surface area contributed by atoms with Gasteiger partial charge in [0, 0.05) is 4.47 Å². The van der Waals surface area contributed by atoms with Crippen LogP contribution in [-0.4, -0.2) is 34.6 Å². The summed E-state index contributed by atoms with van der Waals surface area (Å²) in [6.07, 6.45) is 0.00248. The summed E-state index contributed by atoms with van der Waals surface area (Å²) in [5.41, 5.74) is 0.575. The summed E-state index contributed by atoms with van der Waals surface area (Å²) in [5.74, 6) is -1.05. The Bertz CT molecular complexity index is 887. The number of sulfonamides is 1. The lowest BCUT2D eigenvalue weighted by molar-refractivity contribution is -0.142. The van der Waals surface area contributed by atoms with Gasteiger partial charge in [0.25, 0.3) is 0 Å². The van der Waals surface area contributed by atoms with E-state index in [4.69, 9.17) is 4.74 Å². The fourth-order valence-corrected chi connectivity index (χ4v) is 4.17. The molecule has 0 aliphatic rings. The van der Waals surface area contributed by atoms with Crippen molar-refractivity contribution in [3.05, 3.63) is 58.3 Å². The van der Waals surface area contributed by atoms with Crippen LogP contribution in [0, 0.1) is 5.82 Å². The van der Waals surface area contributed by atoms with Crippen molar-refractivity contribution in [1.82, 2.24) is 4.72 Å². The summed E-state index contributed by atoms with van der Waals surface area (Å²) in [7, 11) is -1.58. The number of rotatable bonds is 7. The molecular weight excluding hydrogens is 429 g/mol. The second-order valence-corrected chi connectivity index (χ2v) is 7.92. The van der Waals surface area contributed by atoms with Gasteiger partial charge in [0.1, 0.15) is 22.5 Å². The lowest BCUT2D eigenvalue weighted by atomic mass is 10.1. The first-order valence-corrected chi connectivity index (χ1v) is 9.72. The molecule has 26 heavy (non-hydrogen) atoms. The third-order valence-electron chi connectivity index (χ3n) is 3.55. The summed E-state index contributed by atoms with van der Waals surface area (Å²) < 4.78 is 51.2. The molecule has 2 rings (SSSR count). The molecule has 0 aliphatic carbocycles. The Hall–Kier alpha value is -1.97. The van der Waals surface area contributed by atoms with Gasteiger partial charge in [0.2, 0.25) is 10.0 Å². The monoisotopic (exact) mass is 445 g/mol. The minimum atomic E-state index is -4.09. The first kappa shape index (κ1) is 20.3. The van der Waals surface area contributed by atoms with Gasteiger partial charge in [0.15, 0.2) is 0 Å². The van der Waals surface area contributed by atoms with Crippen LogP contribution in [0.3, 0.4) is 0 Å². The Morgan fingerprint density at radius 2 is 1.85 bits per heavy atom. The lowest BCUT2D eigenvalue weighted by Gasteiger charge is -2.18. The number of hydrogen-bond donors (Lipinski definition) is 1. The number of methoxy groups -OCH3 is 2. The van der Waals surface area contributed by atoms with Crippen LogP contribution < -0.4 is 9.46 Å². The Labute approximate surface area is 159 Å². The van der Waals surface area contributed by atoms with Crippen LogP contribution in [-0.2, 0) is 26.0 Å². The van der Waals surface area contributed by atoms with Crippen LogP contribution in [0.2, 0.25) is 0 Å². The van der Waals surface area contributed by atoms with E-state index in [-0.39, 0.29) is 17.1 Å². The molecule has 0 heterocycles. The molecule has 6 nitrogen and oxygen atoms in total. The first-order chi connectivity index (χ1) is 12.3. The molecule has 0 saturated heterocycles. The van der Waals surface area contributed by atoms with Crippen LogP contribution >= 0.6 is 15.9 Å². The standard InChI is InChI=1S/C17H17BrFNO5S/c1-24-15-8-5-12(18)10-16(15)26(22,23)20-14(17(21)25-2)9-11-3-6-13(19)7-4-11/h3-8,10,14,20H,9H2,1-2H3. The van der Waals surface area contributed by atoms with Crippen LogP contribution in [0.4, 0.5) is 4.39 Å². The molecular formula is C17H17BrFNO5S. The molecule has 1 atom stereocenters. The van der Waals surface area contributed by atoms with Gasteiger partial charge in [0.05, 0.1) is 14.2 Å². The van der Waals surface area contributed by atoms with Gasteiger partial charge >= 0.3 is 5.97 Å². The Balaban J connectivity index is 2.33. The van der Waals surface area contributed by atoms with Crippen LogP contribution in [0.5, 0.6) is 5.75 Å². The maximum Gasteiger partial charge on any atom is 0.324 e. The molecule has 2 aromatic carbocycles. The Kier molecular flexibility index (Phi) is 6.74. The average molecular weight is 446 g/mol. The largest absolute Gasteiger partial charge is 0.495 e. The minimum absolute atomic E-state index is 0.00248. The molecule has 9 heteroatoms. The Morgan fingerprint density at radius 3 is 2.42 bits per heavy atom. The van der Waals surface area contributed by atoms with Gasteiger partial charge in [-0.25, -0.2) is 12.8 Å². The molecule has 140 valence electrons. The highest BCUT2D eigenvalue weighted by molar-refractivity contribution is 9.10. The van der Waals surface area contributed by atoms with E-state index in [1.807, 2.05) is 0 Å². The number of benzene rings is 2. The van der Waals surface area contributed by atoms with Gasteiger partial charge in [-0.15, -0.1) is 0 Å². The quantitative estimate of drug-likeness (QED) is 0.662. The van der Waals surface area contributed by atoms with E-state index >= 15 is 0 Å². The van der Waals surface area contributed by atoms with E-state index < -0.39 is 27.9 Å². The predicted molar refractivity (Wildman–Crippen MR) is 96.9 cm³/mol. The van der Waals surface area contributed by atoms with Crippen LogP contribution in [0.15, 0.2) is 51.8 Å². The first-order valence-electron chi connectivity index (χ1n) is 7.45. The zero-order valence-electron chi connectivity index (χ0n) is 14.0. The third kappa shape index (κ3) is 5.03. The van der Waals surface area contributed by atoms with E-state index in [1.54, 1.807) is 6.07 Å². The number of ether oxygens (including phenoxy) is 2. The van der Waals surface area contributed by atoms with Crippen molar-refractivity contribution >= 4 is 31.9 Å². The van der Waals surface area contributed by atoms with Gasteiger partial charge in [-0.05, 0) is 42.3 Å². The summed E-state index contributed by atoms with van der Waals surface area (Å²) in [6.45, 7) is 0. The molecule has 0 aromatic heterocycles. The van der Waals surface area contributed by atoms with E-state index in [2.05, 4.69) is 25.4 Å². The van der Waals surface area contributed by atoms with Crippen molar-refractivity contribution < 1.29 is 27.1 Å². The SMILES string of the molecule is COC(=O)C(Cc1ccc(F)cc1)NS(=O)(=O)c1cc(Br)ccc1OC. The van der Waals surface area contributed by atoms with Crippen molar-refractivity contribution in [2.45, 2.75) is 17.4 Å². The Morgan fingerprint density at radius 1 is 1.19 bits per heavy atom. The second kappa shape index (κ2) is 8.61. The van der Waals surface area contributed by atoms with Gasteiger partial charge in [-0.1, -0.05) is 28.1 Å². The van der Waals surface area contributed by atoms with Crippen molar-refractivity contribution in [1.29, 1.82) is 0 Å². The van der Waals surface area contributed by atoms with Crippen molar-refractivity contribution in [2.75, 3.05) is 14.2 Å². The van der Waals surface area contributed by atoms with E-state index in [1.165, 1.54) is 43.5 Å². The van der Waals surface area contributed by atoms with E-state index in [0.29, 0.717) is 10.0 Å². The van der Waals surface area contributed by atoms with Crippen molar-refractivity contribution in [3.8, 4) is 5.75 Å². The molecule has 0 radical (unpaired) electrons. The second-order valence-electron chi connectivity index (χ2n) is 5.32. The lowest BCUT2D eigenvalue weighted by Crippen LogP contribution is -2.43. The number of esters is 1. The summed E-state index contributed by atoms with van der Waals surface area (Å²) in [4.78, 5) is 11.9. The minimum Gasteiger partial charge on any atom is -0.495 e. The fraction of sp³-hybridized carbons (Fsp3) is 0.235. The molecule has 1 N–H and O–H groups in total. The van der Waals surface area contributed by atoms with Crippen LogP contribution in [0.25, 0.3) is 0 Å². The molecule has 2 aromatic rings. The third-order valence-corrected chi connectivity index (χ3v) is 5.54. The maximum atomic E-state index is 13.0. The topological polar surface area (TPSA) is 81.7 Å². The summed E-state index contributed by atoms with van der Waals surface area (Å²) in [6, 6.07) is 8.72. The summed E-state index contributed by atoms with van der Waals surface area (Å²) >= 11 is 3.21. The zero-order valence-corrected chi connectivity index (χ0v) is 16.4. The highest BCUT2D eigenvalue weighted by Crippen LogP contribution is 2.27. The number of halogens is 2. The normalized spacial score (nSPS) is 12.5.